The van der Waals surface area contributed by atoms with E-state index in [1.54, 1.807) is 6.07 Å². The third-order valence-electron chi connectivity index (χ3n) is 2.72. The van der Waals surface area contributed by atoms with Crippen LogP contribution in [-0.4, -0.2) is 18.4 Å². The van der Waals surface area contributed by atoms with Crippen LogP contribution in [0.5, 0.6) is 0 Å². The first kappa shape index (κ1) is 13.9. The van der Waals surface area contributed by atoms with Crippen molar-refractivity contribution in [3.63, 3.8) is 0 Å². The van der Waals surface area contributed by atoms with Gasteiger partial charge < -0.3 is 19.5 Å². The van der Waals surface area contributed by atoms with E-state index < -0.39 is 5.91 Å². The second-order valence-corrected chi connectivity index (χ2v) is 4.40. The Labute approximate surface area is 116 Å². The predicted octanol–water partition coefficient (Wildman–Crippen LogP) is 1.79. The van der Waals surface area contributed by atoms with E-state index in [2.05, 4.69) is 10.6 Å². The molecule has 0 aliphatic rings. The predicted molar refractivity (Wildman–Crippen MR) is 71.0 cm³/mol. The second kappa shape index (κ2) is 6.10. The molecule has 2 aromatic heterocycles. The molecule has 2 N–H and O–H groups in total. The number of furan rings is 2. The normalized spacial score (nSPS) is 11.9. The van der Waals surface area contributed by atoms with Crippen LogP contribution in [-0.2, 0) is 4.79 Å². The minimum atomic E-state index is -0.424. The maximum Gasteiger partial charge on any atom is 0.287 e. The highest BCUT2D eigenvalue weighted by Gasteiger charge is 2.14. The van der Waals surface area contributed by atoms with Crippen molar-refractivity contribution < 1.29 is 18.4 Å². The molecule has 0 spiro atoms. The molecular formula is C14H16N2O4. The molecule has 0 aliphatic carbocycles. The summed E-state index contributed by atoms with van der Waals surface area (Å²) in [5.41, 5.74) is 0. The molecule has 20 heavy (non-hydrogen) atoms. The number of carbonyl (C=O) groups excluding carboxylic acids is 2. The monoisotopic (exact) mass is 276 g/mol. The molecule has 2 heterocycles. The van der Waals surface area contributed by atoms with Gasteiger partial charge in [0, 0.05) is 0 Å². The van der Waals surface area contributed by atoms with E-state index in [1.807, 2.05) is 26.0 Å². The number of hydrogen-bond donors (Lipinski definition) is 2. The molecule has 1 atom stereocenters. The summed E-state index contributed by atoms with van der Waals surface area (Å²) in [5, 5.41) is 5.20. The Morgan fingerprint density at radius 2 is 2.10 bits per heavy atom. The first-order valence-electron chi connectivity index (χ1n) is 6.23. The van der Waals surface area contributed by atoms with Crippen molar-refractivity contribution in [2.75, 3.05) is 6.54 Å². The van der Waals surface area contributed by atoms with Crippen LogP contribution >= 0.6 is 0 Å². The maximum absolute atomic E-state index is 11.7. The summed E-state index contributed by atoms with van der Waals surface area (Å²) in [6, 6.07) is 6.52. The average Bonchev–Trinajstić information content (AvgIpc) is 3.06. The van der Waals surface area contributed by atoms with Gasteiger partial charge in [-0.1, -0.05) is 0 Å². The zero-order valence-electron chi connectivity index (χ0n) is 11.3. The molecule has 0 fully saturated rings. The van der Waals surface area contributed by atoms with Gasteiger partial charge in [-0.2, -0.15) is 0 Å². The van der Waals surface area contributed by atoms with Crippen molar-refractivity contribution in [1.82, 2.24) is 10.6 Å². The van der Waals surface area contributed by atoms with Crippen molar-refractivity contribution in [2.45, 2.75) is 19.9 Å². The van der Waals surface area contributed by atoms with Crippen LogP contribution in [0, 0.1) is 6.92 Å². The fraction of sp³-hybridized carbons (Fsp3) is 0.286. The number of carbonyl (C=O) groups is 2. The van der Waals surface area contributed by atoms with Crippen molar-refractivity contribution in [3.8, 4) is 0 Å². The Morgan fingerprint density at radius 3 is 2.70 bits per heavy atom. The molecule has 2 aromatic rings. The molecule has 2 amide bonds. The number of aryl methyl sites for hydroxylation is 1. The van der Waals surface area contributed by atoms with Crippen LogP contribution < -0.4 is 10.6 Å². The Balaban J connectivity index is 1.79. The molecule has 0 radical (unpaired) electrons. The Hall–Kier alpha value is -2.50. The van der Waals surface area contributed by atoms with Gasteiger partial charge in [-0.25, -0.2) is 0 Å². The Morgan fingerprint density at radius 1 is 1.30 bits per heavy atom. The molecule has 6 heteroatoms. The molecule has 0 saturated heterocycles. The molecule has 0 bridgehead atoms. The topological polar surface area (TPSA) is 84.5 Å². The van der Waals surface area contributed by atoms with E-state index >= 15 is 0 Å². The van der Waals surface area contributed by atoms with Crippen LogP contribution in [0.15, 0.2) is 39.4 Å². The fourth-order valence-corrected chi connectivity index (χ4v) is 1.71. The lowest BCUT2D eigenvalue weighted by atomic mass is 10.2. The minimum Gasteiger partial charge on any atom is -0.464 e. The quantitative estimate of drug-likeness (QED) is 0.872. The summed E-state index contributed by atoms with van der Waals surface area (Å²) >= 11 is 0. The van der Waals surface area contributed by atoms with Crippen LogP contribution in [0.3, 0.4) is 0 Å². The summed E-state index contributed by atoms with van der Waals surface area (Å²) in [6.07, 6.45) is 1.40. The third kappa shape index (κ3) is 3.50. The van der Waals surface area contributed by atoms with Crippen LogP contribution in [0.4, 0.5) is 0 Å². The number of rotatable bonds is 5. The van der Waals surface area contributed by atoms with E-state index in [-0.39, 0.29) is 24.3 Å². The Bertz CT molecular complexity index is 586. The van der Waals surface area contributed by atoms with Crippen molar-refractivity contribution in [2.24, 2.45) is 0 Å². The lowest BCUT2D eigenvalue weighted by molar-refractivity contribution is -0.120. The highest BCUT2D eigenvalue weighted by molar-refractivity contribution is 5.94. The molecule has 6 nitrogen and oxygen atoms in total. The largest absolute Gasteiger partial charge is 0.464 e. The van der Waals surface area contributed by atoms with Crippen LogP contribution in [0.2, 0.25) is 0 Å². The van der Waals surface area contributed by atoms with Gasteiger partial charge >= 0.3 is 0 Å². The fourth-order valence-electron chi connectivity index (χ4n) is 1.71. The second-order valence-electron chi connectivity index (χ2n) is 4.40. The van der Waals surface area contributed by atoms with Gasteiger partial charge in [0.05, 0.1) is 18.8 Å². The van der Waals surface area contributed by atoms with Gasteiger partial charge in [0.25, 0.3) is 5.91 Å². The molecule has 106 valence electrons. The van der Waals surface area contributed by atoms with Crippen LogP contribution in [0.25, 0.3) is 0 Å². The summed E-state index contributed by atoms with van der Waals surface area (Å²) in [6.45, 7) is 3.52. The van der Waals surface area contributed by atoms with Crippen LogP contribution in [0.1, 0.15) is 35.0 Å². The molecule has 0 aliphatic heterocycles. The van der Waals surface area contributed by atoms with Gasteiger partial charge in [-0.3, -0.25) is 9.59 Å². The highest BCUT2D eigenvalue weighted by atomic mass is 16.3. The standard InChI is InChI=1S/C14H16N2O4/c1-9-5-6-11(20-9)10(2)16-13(17)8-15-14(18)12-4-3-7-19-12/h3-7,10H,8H2,1-2H3,(H,15,18)(H,16,17). The van der Waals surface area contributed by atoms with Crippen molar-refractivity contribution in [1.29, 1.82) is 0 Å². The minimum absolute atomic E-state index is 0.121. The molecular weight excluding hydrogens is 260 g/mol. The van der Waals surface area contributed by atoms with Gasteiger partial charge in [-0.15, -0.1) is 0 Å². The summed E-state index contributed by atoms with van der Waals surface area (Å²) in [7, 11) is 0. The van der Waals surface area contributed by atoms with Gasteiger partial charge in [0.15, 0.2) is 5.76 Å². The first-order valence-corrected chi connectivity index (χ1v) is 6.23. The van der Waals surface area contributed by atoms with Crippen molar-refractivity contribution in [3.05, 3.63) is 47.8 Å². The number of nitrogens with one attached hydrogen (secondary N) is 2. The molecule has 2 rings (SSSR count). The van der Waals surface area contributed by atoms with Gasteiger partial charge in [0.1, 0.15) is 11.5 Å². The van der Waals surface area contributed by atoms with Crippen molar-refractivity contribution >= 4 is 11.8 Å². The number of hydrogen-bond acceptors (Lipinski definition) is 4. The van der Waals surface area contributed by atoms with E-state index in [0.717, 1.165) is 5.76 Å². The highest BCUT2D eigenvalue weighted by Crippen LogP contribution is 2.15. The zero-order valence-corrected chi connectivity index (χ0v) is 11.3. The zero-order chi connectivity index (χ0) is 14.5. The van der Waals surface area contributed by atoms with Gasteiger partial charge in [-0.05, 0) is 38.1 Å². The molecule has 1 unspecified atom stereocenters. The van der Waals surface area contributed by atoms with E-state index in [9.17, 15) is 9.59 Å². The lowest BCUT2D eigenvalue weighted by Gasteiger charge is -2.11. The summed E-state index contributed by atoms with van der Waals surface area (Å²) in [5.74, 6) is 0.908. The number of amides is 2. The SMILES string of the molecule is Cc1ccc(C(C)NC(=O)CNC(=O)c2ccco2)o1. The summed E-state index contributed by atoms with van der Waals surface area (Å²) < 4.78 is 10.3. The molecule has 0 saturated carbocycles. The maximum atomic E-state index is 11.7. The van der Waals surface area contributed by atoms with E-state index in [4.69, 9.17) is 8.83 Å². The van der Waals surface area contributed by atoms with Gasteiger partial charge in [0.2, 0.25) is 5.91 Å². The summed E-state index contributed by atoms with van der Waals surface area (Å²) in [4.78, 5) is 23.3. The van der Waals surface area contributed by atoms with E-state index in [0.29, 0.717) is 5.76 Å². The first-order chi connectivity index (χ1) is 9.56. The molecule has 0 aromatic carbocycles. The Kier molecular flexibility index (Phi) is 4.24. The third-order valence-corrected chi connectivity index (χ3v) is 2.72. The lowest BCUT2D eigenvalue weighted by Crippen LogP contribution is -2.37. The smallest absolute Gasteiger partial charge is 0.287 e. The van der Waals surface area contributed by atoms with E-state index in [1.165, 1.54) is 12.3 Å². The average molecular weight is 276 g/mol.